The Hall–Kier alpha value is -1.91. The molecule has 0 aliphatic rings. The van der Waals surface area contributed by atoms with Gasteiger partial charge in [-0.15, -0.1) is 0 Å². The van der Waals surface area contributed by atoms with Gasteiger partial charge in [0.2, 0.25) is 0 Å². The molecule has 0 bridgehead atoms. The summed E-state index contributed by atoms with van der Waals surface area (Å²) in [4.78, 5) is 10.3. The Morgan fingerprint density at radius 2 is 1.54 bits per heavy atom. The minimum Gasteiger partial charge on any atom is -0.481 e. The number of aliphatic hydroxyl groups is 2. The SMILES string of the molecule is CCC(O)C=CC=CC=CC(O)CC=CCC=CCCCC(=O)O. The highest BCUT2D eigenvalue weighted by molar-refractivity contribution is 5.66. The van der Waals surface area contributed by atoms with E-state index < -0.39 is 18.2 Å². The lowest BCUT2D eigenvalue weighted by Gasteiger charge is -1.98. The zero-order valence-electron chi connectivity index (χ0n) is 14.4. The van der Waals surface area contributed by atoms with Crippen LogP contribution in [0.5, 0.6) is 0 Å². The van der Waals surface area contributed by atoms with Crippen LogP contribution in [0.25, 0.3) is 0 Å². The van der Waals surface area contributed by atoms with Crippen molar-refractivity contribution in [2.24, 2.45) is 0 Å². The van der Waals surface area contributed by atoms with E-state index in [1.54, 1.807) is 24.3 Å². The Balaban J connectivity index is 3.77. The van der Waals surface area contributed by atoms with Gasteiger partial charge in [-0.2, -0.15) is 0 Å². The van der Waals surface area contributed by atoms with E-state index in [9.17, 15) is 15.0 Å². The number of aliphatic hydroxyl groups excluding tert-OH is 2. The highest BCUT2D eigenvalue weighted by Gasteiger charge is 1.94. The Morgan fingerprint density at radius 3 is 2.17 bits per heavy atom. The van der Waals surface area contributed by atoms with Crippen molar-refractivity contribution in [3.8, 4) is 0 Å². The van der Waals surface area contributed by atoms with Crippen molar-refractivity contribution in [2.45, 2.75) is 57.7 Å². The molecule has 0 rings (SSSR count). The van der Waals surface area contributed by atoms with E-state index >= 15 is 0 Å². The van der Waals surface area contributed by atoms with Crippen LogP contribution in [0.2, 0.25) is 0 Å². The molecule has 2 unspecified atom stereocenters. The molecule has 0 heterocycles. The molecule has 0 aromatic rings. The van der Waals surface area contributed by atoms with E-state index in [0.717, 1.165) is 12.8 Å². The first-order chi connectivity index (χ1) is 11.6. The van der Waals surface area contributed by atoms with Gasteiger partial charge in [-0.3, -0.25) is 4.79 Å². The fraction of sp³-hybridized carbons (Fsp3) is 0.450. The van der Waals surface area contributed by atoms with Gasteiger partial charge >= 0.3 is 5.97 Å². The van der Waals surface area contributed by atoms with E-state index in [1.807, 2.05) is 43.4 Å². The third-order valence-corrected chi connectivity index (χ3v) is 3.16. The van der Waals surface area contributed by atoms with Crippen molar-refractivity contribution in [2.75, 3.05) is 0 Å². The molecule has 3 N–H and O–H groups in total. The topological polar surface area (TPSA) is 77.8 Å². The number of hydrogen-bond donors (Lipinski definition) is 3. The Labute approximate surface area is 145 Å². The lowest BCUT2D eigenvalue weighted by molar-refractivity contribution is -0.137. The second-order valence-electron chi connectivity index (χ2n) is 5.40. The average Bonchev–Trinajstić information content (AvgIpc) is 2.55. The van der Waals surface area contributed by atoms with Gasteiger partial charge in [-0.25, -0.2) is 0 Å². The molecule has 4 nitrogen and oxygen atoms in total. The summed E-state index contributed by atoms with van der Waals surface area (Å²) in [6, 6.07) is 0. The molecule has 2 atom stereocenters. The predicted molar refractivity (Wildman–Crippen MR) is 98.7 cm³/mol. The first kappa shape index (κ1) is 22.1. The smallest absolute Gasteiger partial charge is 0.303 e. The maximum Gasteiger partial charge on any atom is 0.303 e. The molecule has 0 aliphatic carbocycles. The largest absolute Gasteiger partial charge is 0.481 e. The quantitative estimate of drug-likeness (QED) is 0.271. The second-order valence-corrected chi connectivity index (χ2v) is 5.40. The maximum absolute atomic E-state index is 10.3. The molecule has 0 aliphatic heterocycles. The van der Waals surface area contributed by atoms with Crippen LogP contribution in [0.4, 0.5) is 0 Å². The fourth-order valence-electron chi connectivity index (χ4n) is 1.72. The number of carboxylic acids is 1. The van der Waals surface area contributed by atoms with E-state index in [0.29, 0.717) is 19.3 Å². The van der Waals surface area contributed by atoms with E-state index in [4.69, 9.17) is 5.11 Å². The molecule has 4 heteroatoms. The highest BCUT2D eigenvalue weighted by Crippen LogP contribution is 2.00. The minimum atomic E-state index is -0.755. The van der Waals surface area contributed by atoms with Crippen LogP contribution in [0, 0.1) is 0 Å². The lowest BCUT2D eigenvalue weighted by atomic mass is 10.2. The number of allylic oxidation sites excluding steroid dienone is 7. The van der Waals surface area contributed by atoms with Crippen LogP contribution in [0.1, 0.15) is 45.4 Å². The Bertz CT molecular complexity index is 458. The summed E-state index contributed by atoms with van der Waals surface area (Å²) >= 11 is 0. The van der Waals surface area contributed by atoms with Crippen LogP contribution in [-0.2, 0) is 4.79 Å². The molecule has 0 saturated carbocycles. The van der Waals surface area contributed by atoms with Crippen molar-refractivity contribution in [3.05, 3.63) is 60.8 Å². The standard InChI is InChI=1S/C20H30O4/c1-2-18(21)14-10-8-9-12-16-19(22)15-11-6-4-3-5-7-13-17-20(23)24/h3,5-6,8-12,14,16,18-19,21-22H,2,4,7,13,15,17H2,1H3,(H,23,24). The zero-order chi connectivity index (χ0) is 18.0. The number of carbonyl (C=O) groups is 1. The molecule has 0 aromatic heterocycles. The van der Waals surface area contributed by atoms with Crippen LogP contribution < -0.4 is 0 Å². The first-order valence-electron chi connectivity index (χ1n) is 8.45. The summed E-state index contributed by atoms with van der Waals surface area (Å²) < 4.78 is 0. The molecule has 0 amide bonds. The summed E-state index contributed by atoms with van der Waals surface area (Å²) in [5.74, 6) is -0.755. The van der Waals surface area contributed by atoms with Gasteiger partial charge in [0.1, 0.15) is 0 Å². The number of aliphatic carboxylic acids is 1. The number of hydrogen-bond acceptors (Lipinski definition) is 3. The van der Waals surface area contributed by atoms with E-state index in [2.05, 4.69) is 0 Å². The monoisotopic (exact) mass is 334 g/mol. The van der Waals surface area contributed by atoms with Crippen LogP contribution in [-0.4, -0.2) is 33.5 Å². The molecule has 0 spiro atoms. The first-order valence-corrected chi connectivity index (χ1v) is 8.45. The van der Waals surface area contributed by atoms with Crippen molar-refractivity contribution in [3.63, 3.8) is 0 Å². The van der Waals surface area contributed by atoms with Gasteiger partial charge in [0.05, 0.1) is 12.2 Å². The summed E-state index contributed by atoms with van der Waals surface area (Å²) in [5.41, 5.74) is 0. The molecule has 0 radical (unpaired) electrons. The summed E-state index contributed by atoms with van der Waals surface area (Å²) in [6.07, 6.45) is 21.3. The third kappa shape index (κ3) is 16.5. The van der Waals surface area contributed by atoms with E-state index in [1.165, 1.54) is 0 Å². The normalized spacial score (nSPS) is 15.5. The highest BCUT2D eigenvalue weighted by atomic mass is 16.4. The van der Waals surface area contributed by atoms with Crippen LogP contribution >= 0.6 is 0 Å². The molecular formula is C20H30O4. The van der Waals surface area contributed by atoms with Gasteiger partial charge in [0, 0.05) is 6.42 Å². The molecule has 0 fully saturated rings. The maximum atomic E-state index is 10.3. The van der Waals surface area contributed by atoms with Crippen molar-refractivity contribution >= 4 is 5.97 Å². The summed E-state index contributed by atoms with van der Waals surface area (Å²) in [6.45, 7) is 1.91. The second kappa shape index (κ2) is 16.0. The molecule has 134 valence electrons. The molecule has 0 saturated heterocycles. The van der Waals surface area contributed by atoms with Crippen molar-refractivity contribution in [1.82, 2.24) is 0 Å². The van der Waals surface area contributed by atoms with Crippen LogP contribution in [0.15, 0.2) is 60.8 Å². The van der Waals surface area contributed by atoms with Gasteiger partial charge < -0.3 is 15.3 Å². The zero-order valence-corrected chi connectivity index (χ0v) is 14.4. The Morgan fingerprint density at radius 1 is 0.917 bits per heavy atom. The van der Waals surface area contributed by atoms with Crippen LogP contribution in [0.3, 0.4) is 0 Å². The summed E-state index contributed by atoms with van der Waals surface area (Å²) in [7, 11) is 0. The molecule has 0 aromatic carbocycles. The van der Waals surface area contributed by atoms with Gasteiger partial charge in [-0.05, 0) is 32.1 Å². The lowest BCUT2D eigenvalue weighted by Crippen LogP contribution is -1.98. The number of carboxylic acid groups (broad SMARTS) is 1. The predicted octanol–water partition coefficient (Wildman–Crippen LogP) is 3.93. The van der Waals surface area contributed by atoms with Crippen molar-refractivity contribution < 1.29 is 20.1 Å². The average molecular weight is 334 g/mol. The van der Waals surface area contributed by atoms with Gasteiger partial charge in [0.25, 0.3) is 0 Å². The van der Waals surface area contributed by atoms with Crippen molar-refractivity contribution in [1.29, 1.82) is 0 Å². The Kier molecular flexibility index (Phi) is 14.7. The summed E-state index contributed by atoms with van der Waals surface area (Å²) in [5, 5.41) is 27.6. The van der Waals surface area contributed by atoms with Gasteiger partial charge in [0.15, 0.2) is 0 Å². The number of rotatable bonds is 13. The van der Waals surface area contributed by atoms with E-state index in [-0.39, 0.29) is 6.42 Å². The van der Waals surface area contributed by atoms with Gasteiger partial charge in [-0.1, -0.05) is 67.7 Å². The molecular weight excluding hydrogens is 304 g/mol. The fourth-order valence-corrected chi connectivity index (χ4v) is 1.72. The number of unbranched alkanes of at least 4 members (excludes halogenated alkanes) is 1. The minimum absolute atomic E-state index is 0.210. The third-order valence-electron chi connectivity index (χ3n) is 3.16. The molecule has 24 heavy (non-hydrogen) atoms.